The molecule has 4 nitrogen and oxygen atoms in total. The Balaban J connectivity index is 1.20. The Morgan fingerprint density at radius 1 is 0.273 bits per heavy atom. The number of hydrogen-bond donors (Lipinski definition) is 0. The van der Waals surface area contributed by atoms with E-state index in [1.54, 1.807) is 0 Å². The lowest BCUT2D eigenvalue weighted by Crippen LogP contribution is -2.04. The maximum atomic E-state index is 5.26. The highest BCUT2D eigenvalue weighted by molar-refractivity contribution is 6.09. The Bertz CT molecular complexity index is 2780. The number of fused-ring (bicyclic) bond motifs is 3. The van der Waals surface area contributed by atoms with E-state index < -0.39 is 0 Å². The van der Waals surface area contributed by atoms with Crippen LogP contribution < -0.4 is 0 Å². The van der Waals surface area contributed by atoms with Gasteiger partial charge < -0.3 is 4.57 Å². The lowest BCUT2D eigenvalue weighted by molar-refractivity contribution is 1.06. The summed E-state index contributed by atoms with van der Waals surface area (Å²) < 4.78 is 2.36. The van der Waals surface area contributed by atoms with Gasteiger partial charge in [0, 0.05) is 27.5 Å². The number of aromatic nitrogens is 4. The average molecular weight is 703 g/mol. The van der Waals surface area contributed by atoms with Crippen LogP contribution in [0.5, 0.6) is 0 Å². The van der Waals surface area contributed by atoms with Crippen LogP contribution in [0.4, 0.5) is 0 Å². The van der Waals surface area contributed by atoms with Crippen LogP contribution in [0.1, 0.15) is 0 Å². The largest absolute Gasteiger partial charge is 0.308 e. The first kappa shape index (κ1) is 32.2. The summed E-state index contributed by atoms with van der Waals surface area (Å²) in [6.45, 7) is 0. The second kappa shape index (κ2) is 13.8. The van der Waals surface area contributed by atoms with E-state index in [9.17, 15) is 0 Å². The summed E-state index contributed by atoms with van der Waals surface area (Å²) in [5.74, 6) is 1.84. The molecule has 0 aliphatic carbocycles. The summed E-state index contributed by atoms with van der Waals surface area (Å²) in [6.07, 6.45) is 0. The fraction of sp³-hybridized carbons (Fsp3) is 0. The van der Waals surface area contributed by atoms with E-state index in [-0.39, 0.29) is 0 Å². The highest BCUT2D eigenvalue weighted by Crippen LogP contribution is 2.38. The van der Waals surface area contributed by atoms with Gasteiger partial charge in [-0.05, 0) is 57.6 Å². The zero-order chi connectivity index (χ0) is 36.6. The van der Waals surface area contributed by atoms with Crippen LogP contribution in [0.2, 0.25) is 0 Å². The van der Waals surface area contributed by atoms with E-state index in [0.29, 0.717) is 17.5 Å². The molecule has 2 heterocycles. The third kappa shape index (κ3) is 6.06. The van der Waals surface area contributed by atoms with E-state index in [1.807, 2.05) is 12.1 Å². The number of para-hydroxylation sites is 2. The van der Waals surface area contributed by atoms with E-state index in [1.165, 1.54) is 21.9 Å². The lowest BCUT2D eigenvalue weighted by atomic mass is 10.0. The van der Waals surface area contributed by atoms with Gasteiger partial charge >= 0.3 is 0 Å². The number of nitrogens with zero attached hydrogens (tertiary/aromatic N) is 4. The van der Waals surface area contributed by atoms with Gasteiger partial charge in [0.15, 0.2) is 17.5 Å². The van der Waals surface area contributed by atoms with Crippen molar-refractivity contribution >= 4 is 21.8 Å². The van der Waals surface area contributed by atoms with E-state index >= 15 is 0 Å². The molecule has 0 spiro atoms. The molecule has 0 aliphatic heterocycles. The van der Waals surface area contributed by atoms with Crippen molar-refractivity contribution in [1.82, 2.24) is 19.5 Å². The maximum absolute atomic E-state index is 5.26. The molecule has 0 amide bonds. The Kier molecular flexibility index (Phi) is 8.12. The monoisotopic (exact) mass is 702 g/mol. The van der Waals surface area contributed by atoms with Crippen molar-refractivity contribution in [3.63, 3.8) is 0 Å². The van der Waals surface area contributed by atoms with Crippen LogP contribution in [0.15, 0.2) is 206 Å². The molecule has 10 aromatic rings. The molecule has 0 N–H and O–H groups in total. The van der Waals surface area contributed by atoms with Crippen LogP contribution in [-0.2, 0) is 0 Å². The number of hydrogen-bond acceptors (Lipinski definition) is 3. The van der Waals surface area contributed by atoms with Crippen molar-refractivity contribution in [2.75, 3.05) is 0 Å². The molecule has 0 bridgehead atoms. The van der Waals surface area contributed by atoms with Gasteiger partial charge in [0.25, 0.3) is 0 Å². The fourth-order valence-corrected chi connectivity index (χ4v) is 7.54. The minimum atomic E-state index is 0.607. The van der Waals surface area contributed by atoms with Gasteiger partial charge in [-0.1, -0.05) is 182 Å². The lowest BCUT2D eigenvalue weighted by Gasteiger charge is -2.16. The van der Waals surface area contributed by atoms with Gasteiger partial charge in [-0.2, -0.15) is 0 Å². The predicted molar refractivity (Wildman–Crippen MR) is 227 cm³/mol. The van der Waals surface area contributed by atoms with Crippen LogP contribution in [-0.4, -0.2) is 19.5 Å². The topological polar surface area (TPSA) is 43.6 Å². The van der Waals surface area contributed by atoms with Gasteiger partial charge in [0.1, 0.15) is 0 Å². The first-order chi connectivity index (χ1) is 27.3. The highest BCUT2D eigenvalue weighted by atomic mass is 15.1. The molecular weight excluding hydrogens is 669 g/mol. The molecule has 55 heavy (non-hydrogen) atoms. The summed E-state index contributed by atoms with van der Waals surface area (Å²) in [4.78, 5) is 15.7. The fourth-order valence-electron chi connectivity index (χ4n) is 7.54. The second-order valence-corrected chi connectivity index (χ2v) is 13.7. The Hall–Kier alpha value is -7.43. The third-order valence-electron chi connectivity index (χ3n) is 10.3. The first-order valence-electron chi connectivity index (χ1n) is 18.5. The number of benzene rings is 8. The van der Waals surface area contributed by atoms with Crippen LogP contribution >= 0.6 is 0 Å². The molecule has 8 aromatic carbocycles. The number of rotatable bonds is 7. The average Bonchev–Trinajstić information content (AvgIpc) is 3.61. The van der Waals surface area contributed by atoms with E-state index in [4.69, 9.17) is 15.0 Å². The molecule has 0 saturated carbocycles. The van der Waals surface area contributed by atoms with Gasteiger partial charge in [0.05, 0.1) is 16.7 Å². The molecule has 0 radical (unpaired) electrons. The summed E-state index contributed by atoms with van der Waals surface area (Å²) in [5, 5.41) is 2.39. The van der Waals surface area contributed by atoms with Crippen molar-refractivity contribution in [1.29, 1.82) is 0 Å². The highest BCUT2D eigenvalue weighted by Gasteiger charge is 2.20. The molecule has 2 aromatic heterocycles. The SMILES string of the molecule is c1ccc(-c2ccc(-c3nc(-c4ccc(-c5ccccc5)cc4)nc(-c4ccc(-c5ccccc5)cc4-n4c5ccccc5c5ccccc54)n3)cc2)cc1. The standard InChI is InChI=1S/C51H34N4/c1-4-14-35(15-5-1)38-24-28-40(29-25-38)49-52-50(41-30-26-39(27-31-41)36-16-6-2-7-17-36)54-51(53-49)45-33-32-42(37-18-8-3-9-19-37)34-48(45)55-46-22-12-10-20-43(46)44-21-11-13-23-47(44)55/h1-34H. The molecule has 0 fully saturated rings. The quantitative estimate of drug-likeness (QED) is 0.166. The Morgan fingerprint density at radius 2 is 0.618 bits per heavy atom. The molecule has 0 aliphatic rings. The van der Waals surface area contributed by atoms with Crippen molar-refractivity contribution < 1.29 is 0 Å². The van der Waals surface area contributed by atoms with Gasteiger partial charge in [-0.3, -0.25) is 0 Å². The van der Waals surface area contributed by atoms with Gasteiger partial charge in [-0.15, -0.1) is 0 Å². The van der Waals surface area contributed by atoms with Crippen LogP contribution in [0, 0.1) is 0 Å². The molecule has 0 saturated heterocycles. The first-order valence-corrected chi connectivity index (χ1v) is 18.5. The Labute approximate surface area is 319 Å². The summed E-state index contributed by atoms with van der Waals surface area (Å²) in [7, 11) is 0. The third-order valence-corrected chi connectivity index (χ3v) is 10.3. The van der Waals surface area contributed by atoms with Gasteiger partial charge in [-0.25, -0.2) is 15.0 Å². The van der Waals surface area contributed by atoms with E-state index in [2.05, 4.69) is 199 Å². The molecule has 258 valence electrons. The van der Waals surface area contributed by atoms with Crippen molar-refractivity contribution in [3.05, 3.63) is 206 Å². The minimum absolute atomic E-state index is 0.607. The maximum Gasteiger partial charge on any atom is 0.166 e. The van der Waals surface area contributed by atoms with Crippen LogP contribution in [0.25, 0.3) is 95.0 Å². The summed E-state index contributed by atoms with van der Waals surface area (Å²) in [6, 6.07) is 72.2. The molecule has 10 rings (SSSR count). The molecule has 4 heteroatoms. The Morgan fingerprint density at radius 3 is 1.09 bits per heavy atom. The van der Waals surface area contributed by atoms with Crippen LogP contribution in [0.3, 0.4) is 0 Å². The second-order valence-electron chi connectivity index (χ2n) is 13.7. The van der Waals surface area contributed by atoms with Crippen molar-refractivity contribution in [2.24, 2.45) is 0 Å². The van der Waals surface area contributed by atoms with Gasteiger partial charge in [0.2, 0.25) is 0 Å². The molecule has 0 unspecified atom stereocenters. The smallest absolute Gasteiger partial charge is 0.166 e. The predicted octanol–water partition coefficient (Wildman–Crippen LogP) is 13.0. The zero-order valence-corrected chi connectivity index (χ0v) is 29.9. The summed E-state index contributed by atoms with van der Waals surface area (Å²) in [5.41, 5.74) is 12.9. The minimum Gasteiger partial charge on any atom is -0.308 e. The summed E-state index contributed by atoms with van der Waals surface area (Å²) >= 11 is 0. The zero-order valence-electron chi connectivity index (χ0n) is 29.9. The molecule has 0 atom stereocenters. The van der Waals surface area contributed by atoms with Crippen molar-refractivity contribution in [3.8, 4) is 73.2 Å². The van der Waals surface area contributed by atoms with E-state index in [0.717, 1.165) is 55.7 Å². The van der Waals surface area contributed by atoms with Crippen molar-refractivity contribution in [2.45, 2.75) is 0 Å². The normalized spacial score (nSPS) is 11.3. The molecular formula is C51H34N4.